The van der Waals surface area contributed by atoms with E-state index in [9.17, 15) is 10.1 Å². The zero-order valence-corrected chi connectivity index (χ0v) is 8.75. The van der Waals surface area contributed by atoms with Crippen molar-refractivity contribution in [2.75, 3.05) is 0 Å². The van der Waals surface area contributed by atoms with Crippen molar-refractivity contribution in [2.24, 2.45) is 0 Å². The minimum Gasteiger partial charge on any atom is -0.261 e. The quantitative estimate of drug-likeness (QED) is 0.570. The molecule has 0 bridgehead atoms. The molecule has 0 unspecified atom stereocenters. The van der Waals surface area contributed by atoms with Gasteiger partial charge in [-0.25, -0.2) is 0 Å². The Bertz CT molecular complexity index is 538. The van der Waals surface area contributed by atoms with Crippen LogP contribution in [-0.2, 0) is 0 Å². The fraction of sp³-hybridized carbons (Fsp3) is 0.0833. The number of hydrogen-bond acceptors (Lipinski definition) is 3. The van der Waals surface area contributed by atoms with Crippen LogP contribution in [0.2, 0.25) is 0 Å². The molecule has 0 aliphatic rings. The van der Waals surface area contributed by atoms with Crippen LogP contribution in [0.25, 0.3) is 11.1 Å². The summed E-state index contributed by atoms with van der Waals surface area (Å²) in [4.78, 5) is 14.7. The zero-order chi connectivity index (χ0) is 11.5. The lowest BCUT2D eigenvalue weighted by molar-refractivity contribution is -0.384. The number of nitro groups is 1. The normalized spacial score (nSPS) is 10.1. The number of hydrogen-bond donors (Lipinski definition) is 0. The molecule has 0 aliphatic carbocycles. The van der Waals surface area contributed by atoms with Crippen molar-refractivity contribution in [1.82, 2.24) is 4.98 Å². The molecule has 4 heteroatoms. The van der Waals surface area contributed by atoms with E-state index < -0.39 is 0 Å². The van der Waals surface area contributed by atoms with Crippen molar-refractivity contribution in [1.29, 1.82) is 0 Å². The van der Waals surface area contributed by atoms with Gasteiger partial charge in [0, 0.05) is 23.5 Å². The summed E-state index contributed by atoms with van der Waals surface area (Å²) in [7, 11) is 0. The van der Waals surface area contributed by atoms with Gasteiger partial charge in [-0.3, -0.25) is 15.1 Å². The molecule has 1 aromatic heterocycles. The van der Waals surface area contributed by atoms with Crippen LogP contribution in [0.3, 0.4) is 0 Å². The first kappa shape index (κ1) is 10.3. The Morgan fingerprint density at radius 2 is 1.81 bits per heavy atom. The highest BCUT2D eigenvalue weighted by Gasteiger charge is 2.15. The highest BCUT2D eigenvalue weighted by molar-refractivity contribution is 5.74. The standard InChI is InChI=1S/C12H10N2O2/c1-9-10(6-4-8-13-9)11-5-2-3-7-12(11)14(15)16/h2-8H,1H3. The van der Waals surface area contributed by atoms with Gasteiger partial charge < -0.3 is 0 Å². The summed E-state index contributed by atoms with van der Waals surface area (Å²) in [6.45, 7) is 1.84. The average Bonchev–Trinajstić information content (AvgIpc) is 2.29. The molecule has 1 heterocycles. The predicted molar refractivity (Wildman–Crippen MR) is 61.1 cm³/mol. The van der Waals surface area contributed by atoms with Gasteiger partial charge in [-0.15, -0.1) is 0 Å². The molecule has 2 aromatic rings. The third-order valence-corrected chi connectivity index (χ3v) is 2.40. The molecule has 2 rings (SSSR count). The van der Waals surface area contributed by atoms with E-state index in [4.69, 9.17) is 0 Å². The van der Waals surface area contributed by atoms with Crippen molar-refractivity contribution < 1.29 is 4.92 Å². The SMILES string of the molecule is Cc1ncccc1-c1ccccc1[N+](=O)[O-]. The molecule has 0 radical (unpaired) electrons. The van der Waals surface area contributed by atoms with Crippen LogP contribution >= 0.6 is 0 Å². The van der Waals surface area contributed by atoms with Gasteiger partial charge in [0.2, 0.25) is 0 Å². The van der Waals surface area contributed by atoms with E-state index in [1.165, 1.54) is 6.07 Å². The zero-order valence-electron chi connectivity index (χ0n) is 8.75. The van der Waals surface area contributed by atoms with E-state index in [2.05, 4.69) is 4.98 Å². The van der Waals surface area contributed by atoms with Crippen molar-refractivity contribution in [2.45, 2.75) is 6.92 Å². The van der Waals surface area contributed by atoms with Gasteiger partial charge in [0.25, 0.3) is 5.69 Å². The molecule has 0 spiro atoms. The van der Waals surface area contributed by atoms with Crippen molar-refractivity contribution in [3.63, 3.8) is 0 Å². The topological polar surface area (TPSA) is 56.0 Å². The Kier molecular flexibility index (Phi) is 2.64. The van der Waals surface area contributed by atoms with Crippen LogP contribution in [0.5, 0.6) is 0 Å². The van der Waals surface area contributed by atoms with Crippen LogP contribution in [0.15, 0.2) is 42.6 Å². The van der Waals surface area contributed by atoms with Gasteiger partial charge in [0.1, 0.15) is 0 Å². The molecule has 4 nitrogen and oxygen atoms in total. The Morgan fingerprint density at radius 3 is 2.50 bits per heavy atom. The molecule has 80 valence electrons. The summed E-state index contributed by atoms with van der Waals surface area (Å²) in [5, 5.41) is 10.9. The number of rotatable bonds is 2. The maximum absolute atomic E-state index is 10.9. The highest BCUT2D eigenvalue weighted by atomic mass is 16.6. The number of aromatic nitrogens is 1. The van der Waals surface area contributed by atoms with E-state index in [-0.39, 0.29) is 10.6 Å². The molecular weight excluding hydrogens is 204 g/mol. The van der Waals surface area contributed by atoms with Gasteiger partial charge in [-0.1, -0.05) is 18.2 Å². The first-order valence-electron chi connectivity index (χ1n) is 4.85. The summed E-state index contributed by atoms with van der Waals surface area (Å²) < 4.78 is 0. The van der Waals surface area contributed by atoms with Crippen LogP contribution in [-0.4, -0.2) is 9.91 Å². The van der Waals surface area contributed by atoms with Crippen LogP contribution in [0, 0.1) is 17.0 Å². The van der Waals surface area contributed by atoms with Gasteiger partial charge in [0.15, 0.2) is 0 Å². The lowest BCUT2D eigenvalue weighted by Gasteiger charge is -2.05. The van der Waals surface area contributed by atoms with Crippen molar-refractivity contribution >= 4 is 5.69 Å². The Balaban J connectivity index is 2.65. The second-order valence-electron chi connectivity index (χ2n) is 3.41. The molecule has 0 saturated carbocycles. The third-order valence-electron chi connectivity index (χ3n) is 2.40. The van der Waals surface area contributed by atoms with Crippen molar-refractivity contribution in [3.8, 4) is 11.1 Å². The molecular formula is C12H10N2O2. The molecule has 0 N–H and O–H groups in total. The first-order chi connectivity index (χ1) is 7.70. The van der Waals surface area contributed by atoms with Crippen LogP contribution in [0.1, 0.15) is 5.69 Å². The highest BCUT2D eigenvalue weighted by Crippen LogP contribution is 2.30. The number of nitrogens with zero attached hydrogens (tertiary/aromatic N) is 2. The third kappa shape index (κ3) is 1.77. The number of benzene rings is 1. The van der Waals surface area contributed by atoms with Gasteiger partial charge >= 0.3 is 0 Å². The van der Waals surface area contributed by atoms with E-state index in [0.29, 0.717) is 5.56 Å². The second kappa shape index (κ2) is 4.10. The largest absolute Gasteiger partial charge is 0.277 e. The molecule has 0 saturated heterocycles. The average molecular weight is 214 g/mol. The fourth-order valence-corrected chi connectivity index (χ4v) is 1.63. The van der Waals surface area contributed by atoms with E-state index in [1.54, 1.807) is 30.5 Å². The van der Waals surface area contributed by atoms with E-state index >= 15 is 0 Å². The molecule has 0 aliphatic heterocycles. The van der Waals surface area contributed by atoms with Crippen LogP contribution in [0.4, 0.5) is 5.69 Å². The molecule has 0 fully saturated rings. The summed E-state index contributed by atoms with van der Waals surface area (Å²) in [6, 6.07) is 10.3. The molecule has 16 heavy (non-hydrogen) atoms. The number of aryl methyl sites for hydroxylation is 1. The number of pyridine rings is 1. The fourth-order valence-electron chi connectivity index (χ4n) is 1.63. The minimum absolute atomic E-state index is 0.110. The summed E-state index contributed by atoms with van der Waals surface area (Å²) in [5.41, 5.74) is 2.31. The van der Waals surface area contributed by atoms with Gasteiger partial charge in [-0.05, 0) is 19.1 Å². The maximum atomic E-state index is 10.9. The smallest absolute Gasteiger partial charge is 0.261 e. The number of para-hydroxylation sites is 1. The summed E-state index contributed by atoms with van der Waals surface area (Å²) >= 11 is 0. The molecule has 0 atom stereocenters. The lowest BCUT2D eigenvalue weighted by atomic mass is 10.0. The van der Waals surface area contributed by atoms with Crippen molar-refractivity contribution in [3.05, 3.63) is 58.4 Å². The van der Waals surface area contributed by atoms with Crippen LogP contribution < -0.4 is 0 Å². The molecule has 1 aromatic carbocycles. The van der Waals surface area contributed by atoms with Gasteiger partial charge in [0.05, 0.1) is 10.5 Å². The predicted octanol–water partition coefficient (Wildman–Crippen LogP) is 2.97. The molecule has 0 amide bonds. The van der Waals surface area contributed by atoms with E-state index in [1.807, 2.05) is 13.0 Å². The second-order valence-corrected chi connectivity index (χ2v) is 3.41. The first-order valence-corrected chi connectivity index (χ1v) is 4.85. The number of nitro benzene ring substituents is 1. The minimum atomic E-state index is -0.373. The Hall–Kier alpha value is -2.23. The monoisotopic (exact) mass is 214 g/mol. The Morgan fingerprint density at radius 1 is 1.12 bits per heavy atom. The van der Waals surface area contributed by atoms with Gasteiger partial charge in [-0.2, -0.15) is 0 Å². The maximum Gasteiger partial charge on any atom is 0.277 e. The van der Waals surface area contributed by atoms with E-state index in [0.717, 1.165) is 11.3 Å². The lowest BCUT2D eigenvalue weighted by Crippen LogP contribution is -1.93. The Labute approximate surface area is 92.7 Å². The summed E-state index contributed by atoms with van der Waals surface area (Å²) in [6.07, 6.45) is 1.67. The summed E-state index contributed by atoms with van der Waals surface area (Å²) in [5.74, 6) is 0.